The molecule has 3 N–H and O–H groups in total. The van der Waals surface area contributed by atoms with Crippen molar-refractivity contribution in [3.8, 4) is 34.9 Å². The van der Waals surface area contributed by atoms with Gasteiger partial charge >= 0.3 is 0 Å². The van der Waals surface area contributed by atoms with E-state index in [1.165, 1.54) is 18.3 Å². The van der Waals surface area contributed by atoms with Crippen LogP contribution in [-0.2, 0) is 0 Å². The van der Waals surface area contributed by atoms with E-state index < -0.39 is 11.7 Å². The van der Waals surface area contributed by atoms with Crippen LogP contribution in [0.4, 0.5) is 16.0 Å². The molecule has 0 aliphatic rings. The van der Waals surface area contributed by atoms with Gasteiger partial charge in [0.25, 0.3) is 5.91 Å². The quantitative estimate of drug-likeness (QED) is 0.436. The maximum Gasteiger partial charge on any atom is 0.255 e. The summed E-state index contributed by atoms with van der Waals surface area (Å²) < 4.78 is 20.4. The molecule has 1 heterocycles. The Bertz CT molecular complexity index is 1460. The lowest BCUT2D eigenvalue weighted by molar-refractivity contribution is 0.0997. The number of nitrogens with two attached hydrogens (primary N) is 1. The number of primary amides is 1. The third kappa shape index (κ3) is 4.79. The van der Waals surface area contributed by atoms with Gasteiger partial charge in [0.15, 0.2) is 11.6 Å². The number of aromatic nitrogens is 2. The first-order chi connectivity index (χ1) is 16.5. The maximum absolute atomic E-state index is 14.8. The molecule has 0 aliphatic heterocycles. The largest absolute Gasteiger partial charge is 0.435 e. The third-order valence-corrected chi connectivity index (χ3v) is 4.78. The lowest BCUT2D eigenvalue weighted by atomic mass is 10.0. The summed E-state index contributed by atoms with van der Waals surface area (Å²) in [5.41, 5.74) is 8.15. The Morgan fingerprint density at radius 2 is 1.56 bits per heavy atom. The van der Waals surface area contributed by atoms with Crippen molar-refractivity contribution in [3.63, 3.8) is 0 Å². The number of benzene rings is 3. The number of carbonyl (C=O) groups is 1. The van der Waals surface area contributed by atoms with Crippen molar-refractivity contribution in [2.75, 3.05) is 5.32 Å². The molecule has 0 spiro atoms. The van der Waals surface area contributed by atoms with Crippen LogP contribution in [0, 0.1) is 28.5 Å². The van der Waals surface area contributed by atoms with Gasteiger partial charge in [-0.1, -0.05) is 18.2 Å². The minimum atomic E-state index is -0.838. The second-order valence-corrected chi connectivity index (χ2v) is 7.03. The van der Waals surface area contributed by atoms with E-state index in [4.69, 9.17) is 21.0 Å². The molecule has 1 amide bonds. The van der Waals surface area contributed by atoms with Gasteiger partial charge in [0.1, 0.15) is 5.56 Å². The zero-order valence-electron chi connectivity index (χ0n) is 17.5. The first-order valence-corrected chi connectivity index (χ1v) is 9.89. The van der Waals surface area contributed by atoms with E-state index in [1.54, 1.807) is 54.6 Å². The lowest BCUT2D eigenvalue weighted by Gasteiger charge is -2.12. The predicted octanol–water partition coefficient (Wildman–Crippen LogP) is 4.66. The Labute approximate surface area is 193 Å². The van der Waals surface area contributed by atoms with Gasteiger partial charge in [-0.05, 0) is 59.7 Å². The van der Waals surface area contributed by atoms with E-state index in [0.29, 0.717) is 22.4 Å². The molecule has 0 aliphatic carbocycles. The Morgan fingerprint density at radius 3 is 2.15 bits per heavy atom. The number of nitriles is 2. The monoisotopic (exact) mass is 450 g/mol. The molecule has 9 heteroatoms. The Hall–Kier alpha value is -5.28. The molecule has 0 bridgehead atoms. The van der Waals surface area contributed by atoms with Crippen LogP contribution in [-0.4, -0.2) is 15.9 Å². The molecule has 1 aromatic heterocycles. The van der Waals surface area contributed by atoms with Crippen molar-refractivity contribution in [3.05, 3.63) is 95.4 Å². The molecule has 4 rings (SSSR count). The molecule has 0 saturated heterocycles. The predicted molar refractivity (Wildman–Crippen MR) is 122 cm³/mol. The fraction of sp³-hybridized carbons (Fsp3) is 0. The number of hydrogen-bond donors (Lipinski definition) is 2. The van der Waals surface area contributed by atoms with Crippen molar-refractivity contribution >= 4 is 17.5 Å². The summed E-state index contributed by atoms with van der Waals surface area (Å²) in [5, 5.41) is 20.7. The van der Waals surface area contributed by atoms with Crippen LogP contribution < -0.4 is 15.8 Å². The molecule has 0 fully saturated rings. The fourth-order valence-corrected chi connectivity index (χ4v) is 3.03. The summed E-state index contributed by atoms with van der Waals surface area (Å²) in [5.74, 6) is -1.82. The van der Waals surface area contributed by atoms with Crippen LogP contribution in [0.1, 0.15) is 21.5 Å². The van der Waals surface area contributed by atoms with E-state index in [9.17, 15) is 9.18 Å². The number of ether oxygens (including phenoxy) is 1. The number of amides is 1. The molecule has 34 heavy (non-hydrogen) atoms. The maximum atomic E-state index is 14.8. The van der Waals surface area contributed by atoms with Gasteiger partial charge < -0.3 is 15.8 Å². The Kier molecular flexibility index (Phi) is 6.11. The van der Waals surface area contributed by atoms with Gasteiger partial charge in [0.2, 0.25) is 11.8 Å². The zero-order valence-corrected chi connectivity index (χ0v) is 17.5. The van der Waals surface area contributed by atoms with Crippen LogP contribution in [0.2, 0.25) is 0 Å². The first kappa shape index (κ1) is 21.9. The van der Waals surface area contributed by atoms with Gasteiger partial charge in [-0.15, -0.1) is 0 Å². The third-order valence-electron chi connectivity index (χ3n) is 4.78. The van der Waals surface area contributed by atoms with Crippen LogP contribution >= 0.6 is 0 Å². The van der Waals surface area contributed by atoms with Gasteiger partial charge in [0.05, 0.1) is 23.3 Å². The number of nitrogens with zero attached hydrogens (tertiary/aromatic N) is 4. The van der Waals surface area contributed by atoms with E-state index in [2.05, 4.69) is 15.3 Å². The number of nitrogens with one attached hydrogen (secondary N) is 1. The van der Waals surface area contributed by atoms with Gasteiger partial charge in [-0.25, -0.2) is 9.37 Å². The van der Waals surface area contributed by atoms with Crippen LogP contribution in [0.3, 0.4) is 0 Å². The van der Waals surface area contributed by atoms with Gasteiger partial charge in [-0.2, -0.15) is 15.5 Å². The van der Waals surface area contributed by atoms with Crippen LogP contribution in [0.5, 0.6) is 11.6 Å². The topological polar surface area (TPSA) is 138 Å². The van der Waals surface area contributed by atoms with Crippen molar-refractivity contribution < 1.29 is 13.9 Å². The summed E-state index contributed by atoms with van der Waals surface area (Å²) in [6, 6.07) is 21.6. The highest BCUT2D eigenvalue weighted by molar-refractivity contribution is 5.95. The molecule has 0 unspecified atom stereocenters. The number of rotatable bonds is 6. The number of carbonyl (C=O) groups excluding carboxylic acids is 1. The normalized spacial score (nSPS) is 10.1. The van der Waals surface area contributed by atoms with Crippen molar-refractivity contribution in [2.45, 2.75) is 0 Å². The average Bonchev–Trinajstić information content (AvgIpc) is 2.86. The molecule has 8 nitrogen and oxygen atoms in total. The minimum absolute atomic E-state index is 0.0827. The second kappa shape index (κ2) is 9.47. The van der Waals surface area contributed by atoms with E-state index in [1.807, 2.05) is 12.1 Å². The van der Waals surface area contributed by atoms with Crippen molar-refractivity contribution in [1.29, 1.82) is 10.5 Å². The summed E-state index contributed by atoms with van der Waals surface area (Å²) in [7, 11) is 0. The van der Waals surface area contributed by atoms with E-state index in [0.717, 1.165) is 5.56 Å². The number of hydrogen-bond acceptors (Lipinski definition) is 7. The molecule has 164 valence electrons. The highest BCUT2D eigenvalue weighted by Crippen LogP contribution is 2.30. The number of halogens is 1. The standard InChI is InChI=1S/C25H15FN6O2/c26-21-11-18(17-5-1-15(12-27)2-6-17)7-10-22(21)34-24-20(23(29)33)14-30-25(32-24)31-19-8-3-16(13-28)4-9-19/h1-11,14H,(H2,29,33)(H,30,31,32). The molecule has 0 radical (unpaired) electrons. The smallest absolute Gasteiger partial charge is 0.255 e. The number of anilines is 2. The minimum Gasteiger partial charge on any atom is -0.435 e. The molecular weight excluding hydrogens is 435 g/mol. The lowest BCUT2D eigenvalue weighted by Crippen LogP contribution is -2.14. The summed E-state index contributed by atoms with van der Waals surface area (Å²) >= 11 is 0. The zero-order chi connectivity index (χ0) is 24.1. The molecule has 4 aromatic rings. The molecule has 0 saturated carbocycles. The summed E-state index contributed by atoms with van der Waals surface area (Å²) in [4.78, 5) is 20.0. The van der Waals surface area contributed by atoms with Crippen molar-refractivity contribution in [2.24, 2.45) is 5.73 Å². The highest BCUT2D eigenvalue weighted by atomic mass is 19.1. The summed E-state index contributed by atoms with van der Waals surface area (Å²) in [6.45, 7) is 0. The SMILES string of the molecule is N#Cc1ccc(Nc2ncc(C(N)=O)c(Oc3ccc(-c4ccc(C#N)cc4)cc3F)n2)cc1. The van der Waals surface area contributed by atoms with Crippen molar-refractivity contribution in [1.82, 2.24) is 9.97 Å². The van der Waals surface area contributed by atoms with Crippen LogP contribution in [0.25, 0.3) is 11.1 Å². The molecule has 3 aromatic carbocycles. The van der Waals surface area contributed by atoms with E-state index in [-0.39, 0.29) is 23.1 Å². The highest BCUT2D eigenvalue weighted by Gasteiger charge is 2.17. The Balaban J connectivity index is 1.61. The first-order valence-electron chi connectivity index (χ1n) is 9.89. The summed E-state index contributed by atoms with van der Waals surface area (Å²) in [6.07, 6.45) is 1.18. The molecule has 0 atom stereocenters. The average molecular weight is 450 g/mol. The fourth-order valence-electron chi connectivity index (χ4n) is 3.03. The second-order valence-electron chi connectivity index (χ2n) is 7.03. The Morgan fingerprint density at radius 1 is 0.941 bits per heavy atom. The van der Waals surface area contributed by atoms with E-state index >= 15 is 0 Å². The van der Waals surface area contributed by atoms with Crippen LogP contribution in [0.15, 0.2) is 72.9 Å². The molecular formula is C25H15FN6O2. The van der Waals surface area contributed by atoms with Gasteiger partial charge in [-0.3, -0.25) is 4.79 Å². The van der Waals surface area contributed by atoms with Gasteiger partial charge in [0, 0.05) is 11.9 Å².